The number of carbonyl (C=O) groups excluding carboxylic acids is 1. The predicted octanol–water partition coefficient (Wildman–Crippen LogP) is 2.56. The lowest BCUT2D eigenvalue weighted by Crippen LogP contribution is -3.11. The third kappa shape index (κ3) is 4.99. The molecule has 0 bridgehead atoms. The number of hydrogen-bond donors (Lipinski definition) is 2. The summed E-state index contributed by atoms with van der Waals surface area (Å²) in [5.41, 5.74) is 2.20. The molecular formula is C21H26ClN2O2+. The Labute approximate surface area is 160 Å². The van der Waals surface area contributed by atoms with Crippen LogP contribution in [0, 0.1) is 6.92 Å². The van der Waals surface area contributed by atoms with Crippen molar-refractivity contribution in [3.63, 3.8) is 0 Å². The Balaban J connectivity index is 1.55. The van der Waals surface area contributed by atoms with E-state index in [0.29, 0.717) is 23.4 Å². The SMILES string of the molecule is Cc1cc(Cl)ccc1OCC(=O)NC[C@@H](c1ccccc1)[NH+]1CCCC1. The molecule has 5 heteroatoms. The van der Waals surface area contributed by atoms with E-state index in [0.717, 1.165) is 18.7 Å². The summed E-state index contributed by atoms with van der Waals surface area (Å²) in [6.07, 6.45) is 2.51. The summed E-state index contributed by atoms with van der Waals surface area (Å²) in [6, 6.07) is 16.1. The quantitative estimate of drug-likeness (QED) is 0.783. The topological polar surface area (TPSA) is 42.8 Å². The molecule has 0 unspecified atom stereocenters. The standard InChI is InChI=1S/C21H25ClN2O2/c1-16-13-18(22)9-10-20(16)26-15-21(25)23-14-19(24-11-5-6-12-24)17-7-3-2-4-8-17/h2-4,7-10,13,19H,5-6,11-12,14-15H2,1H3,(H,23,25)/p+1/t19-/m0/s1. The van der Waals surface area contributed by atoms with Crippen molar-refractivity contribution in [1.82, 2.24) is 5.32 Å². The fraction of sp³-hybridized carbons (Fsp3) is 0.381. The Morgan fingerprint density at radius 2 is 1.92 bits per heavy atom. The number of nitrogens with one attached hydrogen (secondary N) is 2. The molecule has 0 radical (unpaired) electrons. The molecule has 2 aromatic carbocycles. The van der Waals surface area contributed by atoms with Crippen LogP contribution in [0.3, 0.4) is 0 Å². The zero-order chi connectivity index (χ0) is 18.4. The minimum absolute atomic E-state index is 0.0132. The molecule has 1 fully saturated rings. The third-order valence-electron chi connectivity index (χ3n) is 4.94. The molecule has 2 N–H and O–H groups in total. The highest BCUT2D eigenvalue weighted by Crippen LogP contribution is 2.21. The van der Waals surface area contributed by atoms with Crippen molar-refractivity contribution in [2.24, 2.45) is 0 Å². The third-order valence-corrected chi connectivity index (χ3v) is 5.17. The molecule has 1 atom stereocenters. The number of halogens is 1. The predicted molar refractivity (Wildman–Crippen MR) is 104 cm³/mol. The lowest BCUT2D eigenvalue weighted by molar-refractivity contribution is -0.918. The van der Waals surface area contributed by atoms with Gasteiger partial charge in [0, 0.05) is 23.4 Å². The van der Waals surface area contributed by atoms with Crippen molar-refractivity contribution >= 4 is 17.5 Å². The fourth-order valence-electron chi connectivity index (χ4n) is 3.55. The van der Waals surface area contributed by atoms with Gasteiger partial charge in [0.25, 0.3) is 5.91 Å². The van der Waals surface area contributed by atoms with Crippen LogP contribution < -0.4 is 15.0 Å². The van der Waals surface area contributed by atoms with E-state index in [1.54, 1.807) is 17.0 Å². The van der Waals surface area contributed by atoms with Gasteiger partial charge in [0.05, 0.1) is 19.6 Å². The Hall–Kier alpha value is -2.04. The maximum absolute atomic E-state index is 12.3. The molecule has 26 heavy (non-hydrogen) atoms. The van der Waals surface area contributed by atoms with Crippen LogP contribution in [-0.4, -0.2) is 32.1 Å². The molecule has 3 rings (SSSR count). The smallest absolute Gasteiger partial charge is 0.258 e. The van der Waals surface area contributed by atoms with Crippen LogP contribution in [0.4, 0.5) is 0 Å². The highest BCUT2D eigenvalue weighted by Gasteiger charge is 2.27. The number of quaternary nitrogens is 1. The largest absolute Gasteiger partial charge is 0.484 e. The minimum atomic E-state index is -0.0983. The van der Waals surface area contributed by atoms with Gasteiger partial charge in [0.2, 0.25) is 0 Å². The molecule has 138 valence electrons. The zero-order valence-electron chi connectivity index (χ0n) is 15.1. The summed E-state index contributed by atoms with van der Waals surface area (Å²) in [4.78, 5) is 13.8. The van der Waals surface area contributed by atoms with E-state index < -0.39 is 0 Å². The van der Waals surface area contributed by atoms with Crippen molar-refractivity contribution in [2.75, 3.05) is 26.2 Å². The van der Waals surface area contributed by atoms with Crippen LogP contribution in [0.2, 0.25) is 5.02 Å². The van der Waals surface area contributed by atoms with Crippen LogP contribution in [0.5, 0.6) is 5.75 Å². The van der Waals surface area contributed by atoms with Crippen LogP contribution >= 0.6 is 11.6 Å². The lowest BCUT2D eigenvalue weighted by atomic mass is 10.1. The first-order valence-electron chi connectivity index (χ1n) is 9.18. The second kappa shape index (κ2) is 9.06. The maximum atomic E-state index is 12.3. The van der Waals surface area contributed by atoms with E-state index in [1.807, 2.05) is 19.1 Å². The van der Waals surface area contributed by atoms with Crippen LogP contribution in [0.15, 0.2) is 48.5 Å². The van der Waals surface area contributed by atoms with E-state index in [4.69, 9.17) is 16.3 Å². The van der Waals surface area contributed by atoms with Gasteiger partial charge in [0.1, 0.15) is 11.8 Å². The van der Waals surface area contributed by atoms with Gasteiger partial charge >= 0.3 is 0 Å². The average Bonchev–Trinajstić information content (AvgIpc) is 3.16. The van der Waals surface area contributed by atoms with Crippen molar-refractivity contribution in [3.05, 3.63) is 64.7 Å². The number of amides is 1. The number of hydrogen-bond acceptors (Lipinski definition) is 2. The van der Waals surface area contributed by atoms with Crippen LogP contribution in [0.1, 0.15) is 30.0 Å². The number of likely N-dealkylation sites (tertiary alicyclic amines) is 1. The Morgan fingerprint density at radius 3 is 2.62 bits per heavy atom. The summed E-state index contributed by atoms with van der Waals surface area (Å²) in [5.74, 6) is 0.591. The van der Waals surface area contributed by atoms with E-state index in [-0.39, 0.29) is 12.5 Å². The number of rotatable bonds is 7. The molecule has 0 spiro atoms. The summed E-state index contributed by atoms with van der Waals surface area (Å²) in [6.45, 7) is 4.88. The molecule has 1 amide bonds. The first-order valence-corrected chi connectivity index (χ1v) is 9.56. The maximum Gasteiger partial charge on any atom is 0.258 e. The number of benzene rings is 2. The van der Waals surface area contributed by atoms with Gasteiger partial charge in [-0.15, -0.1) is 0 Å². The van der Waals surface area contributed by atoms with E-state index in [9.17, 15) is 4.79 Å². The molecule has 4 nitrogen and oxygen atoms in total. The molecule has 1 saturated heterocycles. The Morgan fingerprint density at radius 1 is 1.19 bits per heavy atom. The number of aryl methyl sites for hydroxylation is 1. The van der Waals surface area contributed by atoms with Gasteiger partial charge in [-0.05, 0) is 30.7 Å². The average molecular weight is 374 g/mol. The van der Waals surface area contributed by atoms with Gasteiger partial charge in [0.15, 0.2) is 6.61 Å². The van der Waals surface area contributed by atoms with Gasteiger partial charge < -0.3 is 15.0 Å². The molecule has 1 heterocycles. The Kier molecular flexibility index (Phi) is 6.53. The molecular weight excluding hydrogens is 348 g/mol. The minimum Gasteiger partial charge on any atom is -0.484 e. The van der Waals surface area contributed by atoms with Crippen molar-refractivity contribution in [1.29, 1.82) is 0 Å². The van der Waals surface area contributed by atoms with Crippen LogP contribution in [0.25, 0.3) is 0 Å². The van der Waals surface area contributed by atoms with E-state index >= 15 is 0 Å². The zero-order valence-corrected chi connectivity index (χ0v) is 15.9. The monoisotopic (exact) mass is 373 g/mol. The second-order valence-electron chi connectivity index (χ2n) is 6.83. The van der Waals surface area contributed by atoms with Gasteiger partial charge in [-0.1, -0.05) is 41.9 Å². The second-order valence-corrected chi connectivity index (χ2v) is 7.27. The molecule has 1 aliphatic heterocycles. The van der Waals surface area contributed by atoms with Crippen molar-refractivity contribution in [3.8, 4) is 5.75 Å². The summed E-state index contributed by atoms with van der Waals surface area (Å²) < 4.78 is 5.64. The van der Waals surface area contributed by atoms with Crippen molar-refractivity contribution < 1.29 is 14.4 Å². The first kappa shape index (κ1) is 18.7. The number of carbonyl (C=O) groups is 1. The highest BCUT2D eigenvalue weighted by molar-refractivity contribution is 6.30. The van der Waals surface area contributed by atoms with Crippen molar-refractivity contribution in [2.45, 2.75) is 25.8 Å². The molecule has 0 saturated carbocycles. The van der Waals surface area contributed by atoms with Gasteiger partial charge in [-0.25, -0.2) is 0 Å². The van der Waals surface area contributed by atoms with E-state index in [2.05, 4.69) is 29.6 Å². The summed E-state index contributed by atoms with van der Waals surface area (Å²) in [5, 5.41) is 3.71. The number of ether oxygens (including phenoxy) is 1. The molecule has 0 aliphatic carbocycles. The van der Waals surface area contributed by atoms with Gasteiger partial charge in [-0.3, -0.25) is 4.79 Å². The fourth-order valence-corrected chi connectivity index (χ4v) is 3.77. The van der Waals surface area contributed by atoms with E-state index in [1.165, 1.54) is 18.4 Å². The summed E-state index contributed by atoms with van der Waals surface area (Å²) >= 11 is 5.95. The molecule has 1 aliphatic rings. The summed E-state index contributed by atoms with van der Waals surface area (Å²) in [7, 11) is 0. The highest BCUT2D eigenvalue weighted by atomic mass is 35.5. The molecule has 0 aromatic heterocycles. The first-order chi connectivity index (χ1) is 12.6. The van der Waals surface area contributed by atoms with Crippen LogP contribution in [-0.2, 0) is 4.79 Å². The molecule has 2 aromatic rings. The lowest BCUT2D eigenvalue weighted by Gasteiger charge is -2.25. The normalized spacial score (nSPS) is 15.6. The van der Waals surface area contributed by atoms with Gasteiger partial charge in [-0.2, -0.15) is 0 Å². The Bertz CT molecular complexity index is 730.